The lowest BCUT2D eigenvalue weighted by Crippen LogP contribution is -2.41. The van der Waals surface area contributed by atoms with E-state index in [-0.39, 0.29) is 11.9 Å². The zero-order chi connectivity index (χ0) is 12.0. The Morgan fingerprint density at radius 2 is 2.00 bits per heavy atom. The van der Waals surface area contributed by atoms with E-state index < -0.39 is 6.04 Å². The number of hydrogen-bond acceptors (Lipinski definition) is 2. The zero-order valence-electron chi connectivity index (χ0n) is 9.94. The molecule has 0 aliphatic rings. The van der Waals surface area contributed by atoms with Gasteiger partial charge in [0.25, 0.3) is 0 Å². The highest BCUT2D eigenvalue weighted by molar-refractivity contribution is 5.81. The second kappa shape index (κ2) is 6.28. The summed E-state index contributed by atoms with van der Waals surface area (Å²) < 4.78 is 0. The maximum Gasteiger partial charge on any atom is 0.237 e. The van der Waals surface area contributed by atoms with Crippen molar-refractivity contribution in [2.24, 2.45) is 5.73 Å². The number of amides is 1. The van der Waals surface area contributed by atoms with Crippen molar-refractivity contribution in [1.29, 1.82) is 0 Å². The van der Waals surface area contributed by atoms with Crippen LogP contribution in [0.15, 0.2) is 30.3 Å². The Hall–Kier alpha value is -1.35. The van der Waals surface area contributed by atoms with Gasteiger partial charge in [-0.3, -0.25) is 4.79 Å². The number of rotatable bonds is 5. The van der Waals surface area contributed by atoms with Crippen molar-refractivity contribution >= 4 is 5.91 Å². The predicted molar refractivity (Wildman–Crippen MR) is 65.9 cm³/mol. The van der Waals surface area contributed by atoms with E-state index in [2.05, 4.69) is 5.32 Å². The molecule has 0 aliphatic heterocycles. The van der Waals surface area contributed by atoms with Gasteiger partial charge in [-0.25, -0.2) is 0 Å². The first kappa shape index (κ1) is 12.7. The van der Waals surface area contributed by atoms with Gasteiger partial charge in [0, 0.05) is 0 Å². The lowest BCUT2D eigenvalue weighted by Gasteiger charge is -2.17. The van der Waals surface area contributed by atoms with E-state index in [1.807, 2.05) is 44.2 Å². The van der Waals surface area contributed by atoms with Gasteiger partial charge in [-0.1, -0.05) is 43.7 Å². The summed E-state index contributed by atoms with van der Waals surface area (Å²) in [6.45, 7) is 3.99. The summed E-state index contributed by atoms with van der Waals surface area (Å²) in [4.78, 5) is 11.7. The van der Waals surface area contributed by atoms with E-state index in [0.717, 1.165) is 18.4 Å². The fourth-order valence-electron chi connectivity index (χ4n) is 1.59. The topological polar surface area (TPSA) is 55.1 Å². The Morgan fingerprint density at radius 3 is 2.56 bits per heavy atom. The number of carbonyl (C=O) groups excluding carboxylic acids is 1. The minimum Gasteiger partial charge on any atom is -0.348 e. The second-order valence-electron chi connectivity index (χ2n) is 4.04. The van der Waals surface area contributed by atoms with Crippen LogP contribution in [0.25, 0.3) is 0 Å². The first-order valence-corrected chi connectivity index (χ1v) is 5.76. The molecule has 0 radical (unpaired) electrons. The van der Waals surface area contributed by atoms with E-state index in [1.165, 1.54) is 0 Å². The zero-order valence-corrected chi connectivity index (χ0v) is 9.94. The molecule has 0 saturated carbocycles. The van der Waals surface area contributed by atoms with Crippen LogP contribution >= 0.6 is 0 Å². The Morgan fingerprint density at radius 1 is 1.38 bits per heavy atom. The van der Waals surface area contributed by atoms with Crippen molar-refractivity contribution in [3.05, 3.63) is 35.9 Å². The van der Waals surface area contributed by atoms with E-state index in [9.17, 15) is 4.79 Å². The third-order valence-corrected chi connectivity index (χ3v) is 2.59. The SMILES string of the molecule is CCCC(N)C(=O)N[C@H](C)c1ccccc1. The Balaban J connectivity index is 2.51. The van der Waals surface area contributed by atoms with Crippen LogP contribution in [0.3, 0.4) is 0 Å². The predicted octanol–water partition coefficient (Wildman–Crippen LogP) is 1.99. The summed E-state index contributed by atoms with van der Waals surface area (Å²) in [6.07, 6.45) is 1.65. The van der Waals surface area contributed by atoms with Gasteiger partial charge in [0.15, 0.2) is 0 Å². The van der Waals surface area contributed by atoms with Crippen LogP contribution in [-0.4, -0.2) is 11.9 Å². The number of nitrogens with one attached hydrogen (secondary N) is 1. The molecule has 0 saturated heterocycles. The molecule has 3 nitrogen and oxygen atoms in total. The van der Waals surface area contributed by atoms with Crippen LogP contribution < -0.4 is 11.1 Å². The van der Waals surface area contributed by atoms with Gasteiger partial charge in [0.05, 0.1) is 12.1 Å². The van der Waals surface area contributed by atoms with Gasteiger partial charge in [0.1, 0.15) is 0 Å². The van der Waals surface area contributed by atoms with Gasteiger partial charge in [-0.2, -0.15) is 0 Å². The smallest absolute Gasteiger partial charge is 0.237 e. The van der Waals surface area contributed by atoms with Crippen LogP contribution in [0.2, 0.25) is 0 Å². The van der Waals surface area contributed by atoms with Gasteiger partial charge >= 0.3 is 0 Å². The van der Waals surface area contributed by atoms with Crippen LogP contribution in [0.5, 0.6) is 0 Å². The Kier molecular flexibility index (Phi) is 4.99. The average Bonchev–Trinajstić information content (AvgIpc) is 2.30. The molecule has 0 aromatic heterocycles. The monoisotopic (exact) mass is 220 g/mol. The maximum atomic E-state index is 11.7. The second-order valence-corrected chi connectivity index (χ2v) is 4.04. The van der Waals surface area contributed by atoms with Crippen LogP contribution in [0.1, 0.15) is 38.3 Å². The molecule has 0 spiro atoms. The van der Waals surface area contributed by atoms with Crippen LogP contribution in [0, 0.1) is 0 Å². The maximum absolute atomic E-state index is 11.7. The van der Waals surface area contributed by atoms with Crippen molar-refractivity contribution in [2.75, 3.05) is 0 Å². The van der Waals surface area contributed by atoms with E-state index in [1.54, 1.807) is 0 Å². The summed E-state index contributed by atoms with van der Waals surface area (Å²) in [5.41, 5.74) is 6.84. The van der Waals surface area contributed by atoms with Gasteiger partial charge in [0.2, 0.25) is 5.91 Å². The number of benzene rings is 1. The molecule has 0 fully saturated rings. The normalized spacial score (nSPS) is 14.2. The fraction of sp³-hybridized carbons (Fsp3) is 0.462. The Labute approximate surface area is 97.0 Å². The largest absolute Gasteiger partial charge is 0.348 e. The van der Waals surface area contributed by atoms with Crippen LogP contribution in [0.4, 0.5) is 0 Å². The first-order valence-electron chi connectivity index (χ1n) is 5.76. The molecule has 3 N–H and O–H groups in total. The summed E-state index contributed by atoms with van der Waals surface area (Å²) in [5, 5.41) is 2.92. The van der Waals surface area contributed by atoms with Crippen molar-refractivity contribution in [1.82, 2.24) is 5.32 Å². The summed E-state index contributed by atoms with van der Waals surface area (Å²) in [6, 6.07) is 9.49. The number of hydrogen-bond donors (Lipinski definition) is 2. The molecule has 1 amide bonds. The van der Waals surface area contributed by atoms with Crippen molar-refractivity contribution < 1.29 is 4.79 Å². The van der Waals surface area contributed by atoms with E-state index in [0.29, 0.717) is 0 Å². The molecule has 0 aliphatic carbocycles. The van der Waals surface area contributed by atoms with Crippen molar-refractivity contribution in [2.45, 2.75) is 38.8 Å². The molecule has 0 bridgehead atoms. The lowest BCUT2D eigenvalue weighted by molar-refractivity contribution is -0.123. The first-order chi connectivity index (χ1) is 7.65. The molecule has 3 heteroatoms. The number of carbonyl (C=O) groups is 1. The van der Waals surface area contributed by atoms with E-state index >= 15 is 0 Å². The highest BCUT2D eigenvalue weighted by Crippen LogP contribution is 2.11. The standard InChI is InChI=1S/C13H20N2O/c1-3-7-12(14)13(16)15-10(2)11-8-5-4-6-9-11/h4-6,8-10,12H,3,7,14H2,1-2H3,(H,15,16)/t10-,12?/m1/s1. The minimum atomic E-state index is -0.392. The highest BCUT2D eigenvalue weighted by Gasteiger charge is 2.15. The molecule has 1 unspecified atom stereocenters. The third kappa shape index (κ3) is 3.66. The average molecular weight is 220 g/mol. The van der Waals surface area contributed by atoms with Gasteiger partial charge in [-0.05, 0) is 18.9 Å². The molecular formula is C13H20N2O. The molecule has 88 valence electrons. The Bertz CT molecular complexity index is 324. The third-order valence-electron chi connectivity index (χ3n) is 2.59. The van der Waals surface area contributed by atoms with Crippen molar-refractivity contribution in [3.8, 4) is 0 Å². The molecular weight excluding hydrogens is 200 g/mol. The quantitative estimate of drug-likeness (QED) is 0.797. The summed E-state index contributed by atoms with van der Waals surface area (Å²) in [7, 11) is 0. The molecule has 2 atom stereocenters. The van der Waals surface area contributed by atoms with E-state index in [4.69, 9.17) is 5.73 Å². The summed E-state index contributed by atoms with van der Waals surface area (Å²) >= 11 is 0. The molecule has 1 aromatic rings. The molecule has 16 heavy (non-hydrogen) atoms. The summed E-state index contributed by atoms with van der Waals surface area (Å²) in [5.74, 6) is -0.0711. The minimum absolute atomic E-state index is 0.0107. The number of nitrogens with two attached hydrogens (primary N) is 1. The van der Waals surface area contributed by atoms with Gasteiger partial charge in [-0.15, -0.1) is 0 Å². The van der Waals surface area contributed by atoms with Crippen LogP contribution in [-0.2, 0) is 4.79 Å². The van der Waals surface area contributed by atoms with Crippen molar-refractivity contribution in [3.63, 3.8) is 0 Å². The molecule has 0 heterocycles. The molecule has 1 aromatic carbocycles. The molecule has 1 rings (SSSR count). The fourth-order valence-corrected chi connectivity index (χ4v) is 1.59. The lowest BCUT2D eigenvalue weighted by atomic mass is 10.1. The highest BCUT2D eigenvalue weighted by atomic mass is 16.2. The van der Waals surface area contributed by atoms with Gasteiger partial charge < -0.3 is 11.1 Å².